The van der Waals surface area contributed by atoms with Gasteiger partial charge in [0.15, 0.2) is 4.87 Å². The minimum atomic E-state index is -2.80. The van der Waals surface area contributed by atoms with Crippen LogP contribution < -0.4 is 10.6 Å². The smallest absolute Gasteiger partial charge is 0.313 e. The molecule has 12 heteroatoms. The lowest BCUT2D eigenvalue weighted by molar-refractivity contribution is -0.643. The van der Waals surface area contributed by atoms with E-state index in [0.29, 0.717) is 17.0 Å². The fraction of sp³-hybridized carbons (Fsp3) is 0.594. The molecule has 0 unspecified atom stereocenters. The molecule has 2 aromatic rings. The standard InChI is InChI=1S/C32H40F2N6O4/c33-32(34)13-12-25(17-32)39-20-22-5-1-9-26(28(22)40(39)44)27(31(42)43)18-36-30(41)23-7-3-15-38(19-23)16-4-8-24-11-10-21-6-2-14-35-29(21)37-24/h1,5,9-11,23,25,27H,2-4,6-8,12-20H2,(H2-,35,36,37,41,42,43)/p+1/t23-,25-,27+/m1/s1. The Hall–Kier alpha value is -3.67. The number of fused-ring (bicyclic) bond motifs is 2. The number of nitroso groups, excluding NO2 is 1. The molecule has 4 aliphatic rings. The lowest BCUT2D eigenvalue weighted by Gasteiger charge is -2.32. The summed E-state index contributed by atoms with van der Waals surface area (Å²) in [5.41, 5.74) is 3.43. The molecule has 236 valence electrons. The molecule has 3 aliphatic heterocycles. The Morgan fingerprint density at radius 2 is 2.05 bits per heavy atom. The van der Waals surface area contributed by atoms with E-state index in [4.69, 9.17) is 4.98 Å². The van der Waals surface area contributed by atoms with E-state index < -0.39 is 30.3 Å². The first-order valence-corrected chi connectivity index (χ1v) is 15.9. The number of carbonyl (C=O) groups is 2. The number of alkyl halides is 2. The second-order valence-electron chi connectivity index (χ2n) is 12.7. The molecule has 1 amide bonds. The van der Waals surface area contributed by atoms with Crippen LogP contribution in [0.5, 0.6) is 0 Å². The van der Waals surface area contributed by atoms with Gasteiger partial charge in [0.2, 0.25) is 11.8 Å². The number of carbonyl (C=O) groups excluding carboxylic acids is 1. The maximum Gasteiger partial charge on any atom is 0.313 e. The number of aromatic nitrogens is 1. The summed E-state index contributed by atoms with van der Waals surface area (Å²) in [5.74, 6) is -4.54. The zero-order valence-electron chi connectivity index (χ0n) is 24.9. The largest absolute Gasteiger partial charge is 0.481 e. The normalized spacial score (nSPS) is 23.5. The minimum Gasteiger partial charge on any atom is -0.481 e. The predicted molar refractivity (Wildman–Crippen MR) is 160 cm³/mol. The van der Waals surface area contributed by atoms with E-state index in [-0.39, 0.29) is 49.0 Å². The van der Waals surface area contributed by atoms with Crippen molar-refractivity contribution in [2.75, 3.05) is 38.0 Å². The maximum absolute atomic E-state index is 13.9. The molecule has 3 atom stereocenters. The van der Waals surface area contributed by atoms with Gasteiger partial charge in [0.25, 0.3) is 0 Å². The van der Waals surface area contributed by atoms with E-state index in [0.717, 1.165) is 69.7 Å². The first-order valence-electron chi connectivity index (χ1n) is 15.9. The number of hydrazine groups is 1. The average Bonchev–Trinajstić information content (AvgIpc) is 3.55. The van der Waals surface area contributed by atoms with Crippen LogP contribution >= 0.6 is 0 Å². The highest BCUT2D eigenvalue weighted by molar-refractivity contribution is 5.82. The first kappa shape index (κ1) is 30.4. The van der Waals surface area contributed by atoms with Crippen LogP contribution in [0.15, 0.2) is 30.3 Å². The average molecular weight is 612 g/mol. The van der Waals surface area contributed by atoms with Gasteiger partial charge in [-0.1, -0.05) is 24.3 Å². The number of rotatable bonds is 10. The van der Waals surface area contributed by atoms with Gasteiger partial charge in [0.05, 0.1) is 22.4 Å². The molecular formula is C32H41F2N6O4+. The summed E-state index contributed by atoms with van der Waals surface area (Å²) in [6, 6.07) is 8.66. The van der Waals surface area contributed by atoms with Crippen molar-refractivity contribution < 1.29 is 28.3 Å². The molecule has 3 N–H and O–H groups in total. The number of halogens is 2. The number of hydrogen-bond donors (Lipinski definition) is 3. The highest BCUT2D eigenvalue weighted by Gasteiger charge is 2.51. The molecule has 44 heavy (non-hydrogen) atoms. The predicted octanol–water partition coefficient (Wildman–Crippen LogP) is 4.40. The van der Waals surface area contributed by atoms with Crippen molar-refractivity contribution in [3.63, 3.8) is 0 Å². The van der Waals surface area contributed by atoms with Crippen LogP contribution in [0, 0.1) is 10.8 Å². The fourth-order valence-electron chi connectivity index (χ4n) is 7.22. The fourth-order valence-corrected chi connectivity index (χ4v) is 7.22. The molecule has 0 radical (unpaired) electrons. The second-order valence-corrected chi connectivity index (χ2v) is 12.7. The van der Waals surface area contributed by atoms with Gasteiger partial charge in [0.1, 0.15) is 18.3 Å². The van der Waals surface area contributed by atoms with Gasteiger partial charge in [0, 0.05) is 43.7 Å². The van der Waals surface area contributed by atoms with Gasteiger partial charge in [-0.3, -0.25) is 9.59 Å². The van der Waals surface area contributed by atoms with E-state index in [1.807, 2.05) is 0 Å². The lowest BCUT2D eigenvalue weighted by atomic mass is 9.93. The summed E-state index contributed by atoms with van der Waals surface area (Å²) >= 11 is 0. The third-order valence-electron chi connectivity index (χ3n) is 9.60. The zero-order chi connectivity index (χ0) is 30.8. The van der Waals surface area contributed by atoms with Crippen LogP contribution in [0.1, 0.15) is 73.2 Å². The highest BCUT2D eigenvalue weighted by atomic mass is 19.3. The van der Waals surface area contributed by atoms with Crippen molar-refractivity contribution in [3.05, 3.63) is 57.6 Å². The van der Waals surface area contributed by atoms with E-state index in [2.05, 4.69) is 27.7 Å². The first-order chi connectivity index (χ1) is 21.2. The Labute approximate surface area is 255 Å². The van der Waals surface area contributed by atoms with E-state index >= 15 is 0 Å². The summed E-state index contributed by atoms with van der Waals surface area (Å²) < 4.78 is 27.8. The summed E-state index contributed by atoms with van der Waals surface area (Å²) in [4.78, 5) is 46.6. The number of piperidine rings is 1. The number of carboxylic acids is 1. The number of amides is 1. The Balaban J connectivity index is 1.03. The number of anilines is 1. The van der Waals surface area contributed by atoms with Crippen molar-refractivity contribution in [2.24, 2.45) is 5.92 Å². The van der Waals surface area contributed by atoms with Gasteiger partial charge >= 0.3 is 11.7 Å². The highest BCUT2D eigenvalue weighted by Crippen LogP contribution is 2.43. The van der Waals surface area contributed by atoms with Crippen molar-refractivity contribution in [1.29, 1.82) is 0 Å². The molecule has 2 fully saturated rings. The Morgan fingerprint density at radius 1 is 1.18 bits per heavy atom. The number of nitrogens with zero attached hydrogens (tertiary/aromatic N) is 4. The van der Waals surface area contributed by atoms with Gasteiger partial charge in [-0.2, -0.15) is 0 Å². The van der Waals surface area contributed by atoms with E-state index in [1.165, 1.54) is 10.6 Å². The molecule has 10 nitrogen and oxygen atoms in total. The van der Waals surface area contributed by atoms with Crippen LogP contribution in [0.2, 0.25) is 0 Å². The third-order valence-corrected chi connectivity index (χ3v) is 9.60. The van der Waals surface area contributed by atoms with Crippen molar-refractivity contribution >= 4 is 23.4 Å². The Bertz CT molecular complexity index is 1420. The minimum absolute atomic E-state index is 0.156. The molecule has 0 spiro atoms. The van der Waals surface area contributed by atoms with Gasteiger partial charge < -0.3 is 20.6 Å². The maximum atomic E-state index is 13.9. The van der Waals surface area contributed by atoms with Crippen molar-refractivity contribution in [1.82, 2.24) is 20.2 Å². The number of carboxylic acid groups (broad SMARTS) is 1. The van der Waals surface area contributed by atoms with Crippen LogP contribution in [0.25, 0.3) is 0 Å². The third kappa shape index (κ3) is 6.55. The van der Waals surface area contributed by atoms with Crippen LogP contribution in [0.3, 0.4) is 0 Å². The van der Waals surface area contributed by atoms with Crippen molar-refractivity contribution in [2.45, 2.75) is 82.2 Å². The zero-order valence-corrected chi connectivity index (χ0v) is 24.9. The molecule has 1 aliphatic carbocycles. The molecule has 1 aromatic carbocycles. The molecule has 1 saturated heterocycles. The number of pyridine rings is 1. The quantitative estimate of drug-likeness (QED) is 0.339. The van der Waals surface area contributed by atoms with Gasteiger partial charge in [-0.05, 0) is 69.7 Å². The molecule has 4 heterocycles. The Morgan fingerprint density at radius 3 is 2.84 bits per heavy atom. The number of benzene rings is 1. The van der Waals surface area contributed by atoms with Gasteiger partial charge in [-0.15, -0.1) is 5.01 Å². The summed E-state index contributed by atoms with van der Waals surface area (Å²) in [7, 11) is 0. The van der Waals surface area contributed by atoms with Crippen LogP contribution in [0.4, 0.5) is 20.3 Å². The lowest BCUT2D eigenvalue weighted by Crippen LogP contribution is -2.44. The number of aliphatic carboxylic acids is 1. The van der Waals surface area contributed by atoms with E-state index in [1.54, 1.807) is 18.2 Å². The number of para-hydroxylation sites is 1. The number of hydrogen-bond acceptors (Lipinski definition) is 6. The molecule has 1 saturated carbocycles. The SMILES string of the molecule is O=C(NC[C@H](C(=O)O)c1cccc2c1[N+](=O)N([C@@H]1CCC(F)(F)C1)C2)[C@@H]1CCCN(CCCc2ccc3c(n2)NCCC3)C1. The number of aryl methyl sites for hydroxylation is 2. The van der Waals surface area contributed by atoms with E-state index in [9.17, 15) is 28.4 Å². The topological polar surface area (TPSA) is 118 Å². The molecule has 1 aromatic heterocycles. The van der Waals surface area contributed by atoms with Gasteiger partial charge in [-0.25, -0.2) is 13.8 Å². The molecular weight excluding hydrogens is 570 g/mol. The van der Waals surface area contributed by atoms with Crippen LogP contribution in [-0.2, 0) is 29.0 Å². The number of likely N-dealkylation sites (tertiary alicyclic amines) is 1. The molecule has 6 rings (SSSR count). The second kappa shape index (κ2) is 12.7. The summed E-state index contributed by atoms with van der Waals surface area (Å²) in [5, 5.41) is 17.7. The number of nitrogens with one attached hydrogen (secondary N) is 2. The monoisotopic (exact) mass is 611 g/mol. The molecule has 0 bridgehead atoms. The van der Waals surface area contributed by atoms with Crippen molar-refractivity contribution in [3.8, 4) is 0 Å². The summed E-state index contributed by atoms with van der Waals surface area (Å²) in [6.07, 6.45) is 5.14. The Kier molecular flexibility index (Phi) is 8.80. The van der Waals surface area contributed by atoms with Crippen LogP contribution in [-0.4, -0.2) is 81.4 Å². The summed E-state index contributed by atoms with van der Waals surface area (Å²) in [6.45, 7) is 3.34.